The average Bonchev–Trinajstić information content (AvgIpc) is 3.14. The number of piperidine rings is 1. The van der Waals surface area contributed by atoms with Gasteiger partial charge in [-0.3, -0.25) is 9.79 Å². The minimum Gasteiger partial charge on any atom is -0.325 e. The Kier molecular flexibility index (Phi) is 6.76. The molecule has 2 aliphatic heterocycles. The fourth-order valence-corrected chi connectivity index (χ4v) is 4.90. The van der Waals surface area contributed by atoms with Crippen molar-refractivity contribution in [3.05, 3.63) is 65.0 Å². The molecule has 7 heteroatoms. The van der Waals surface area contributed by atoms with Gasteiger partial charge in [-0.25, -0.2) is 9.38 Å². The van der Waals surface area contributed by atoms with E-state index >= 15 is 0 Å². The van der Waals surface area contributed by atoms with E-state index in [1.54, 1.807) is 12.1 Å². The van der Waals surface area contributed by atoms with E-state index in [0.29, 0.717) is 0 Å². The molecular weight excluding hydrogens is 423 g/mol. The molecule has 0 saturated carbocycles. The van der Waals surface area contributed by atoms with Crippen molar-refractivity contribution in [2.45, 2.75) is 39.3 Å². The van der Waals surface area contributed by atoms with Crippen LogP contribution in [0.1, 0.15) is 36.5 Å². The minimum atomic E-state index is -0.470. The molecular formula is C25H29FN4OS. The zero-order valence-electron chi connectivity index (χ0n) is 18.8. The number of anilines is 1. The number of aryl methyl sites for hydroxylation is 2. The SMILES string of the molecule is CCN1CCC2(CC1)N=C(SCC(=O)Nc1ccc(C)c(C)c1)C(c1ccc(F)cc1)=N2. The number of carbonyl (C=O) groups excluding carboxylic acids is 1. The number of rotatable bonds is 5. The number of nitrogens with zero attached hydrogens (tertiary/aromatic N) is 3. The van der Waals surface area contributed by atoms with E-state index < -0.39 is 5.66 Å². The highest BCUT2D eigenvalue weighted by atomic mass is 32.2. The van der Waals surface area contributed by atoms with E-state index in [1.807, 2.05) is 32.0 Å². The molecule has 2 heterocycles. The van der Waals surface area contributed by atoms with E-state index in [9.17, 15) is 9.18 Å². The number of hydrogen-bond acceptors (Lipinski definition) is 5. The van der Waals surface area contributed by atoms with Crippen LogP contribution in [0.3, 0.4) is 0 Å². The summed E-state index contributed by atoms with van der Waals surface area (Å²) in [4.78, 5) is 25.1. The van der Waals surface area contributed by atoms with Gasteiger partial charge in [-0.15, -0.1) is 0 Å². The molecule has 1 spiro atoms. The molecule has 2 aromatic carbocycles. The predicted octanol–water partition coefficient (Wildman–Crippen LogP) is 4.83. The molecule has 1 fully saturated rings. The largest absolute Gasteiger partial charge is 0.325 e. The number of likely N-dealkylation sites (tertiary alicyclic amines) is 1. The molecule has 1 amide bonds. The number of carbonyl (C=O) groups is 1. The Balaban J connectivity index is 1.50. The topological polar surface area (TPSA) is 57.1 Å². The monoisotopic (exact) mass is 452 g/mol. The molecule has 2 aromatic rings. The van der Waals surface area contributed by atoms with Gasteiger partial charge in [0.2, 0.25) is 5.91 Å². The summed E-state index contributed by atoms with van der Waals surface area (Å²) in [5.74, 6) is -0.123. The van der Waals surface area contributed by atoms with Crippen LogP contribution in [-0.2, 0) is 4.79 Å². The zero-order chi connectivity index (χ0) is 22.7. The summed E-state index contributed by atoms with van der Waals surface area (Å²) in [7, 11) is 0. The van der Waals surface area contributed by atoms with Crippen molar-refractivity contribution in [3.8, 4) is 0 Å². The highest BCUT2D eigenvalue weighted by molar-refractivity contribution is 8.16. The third kappa shape index (κ3) is 5.10. The third-order valence-electron chi connectivity index (χ3n) is 6.18. The van der Waals surface area contributed by atoms with Gasteiger partial charge in [0, 0.05) is 37.2 Å². The molecule has 0 unspecified atom stereocenters. The Morgan fingerprint density at radius 1 is 1.09 bits per heavy atom. The first kappa shape index (κ1) is 22.7. The van der Waals surface area contributed by atoms with E-state index in [1.165, 1.54) is 29.5 Å². The second-order valence-corrected chi connectivity index (χ2v) is 9.40. The maximum absolute atomic E-state index is 13.5. The first-order chi connectivity index (χ1) is 15.4. The highest BCUT2D eigenvalue weighted by Gasteiger charge is 2.39. The Labute approximate surface area is 193 Å². The standard InChI is InChI=1S/C25H29FN4OS/c1-4-30-13-11-25(12-14-30)28-23(19-6-8-20(26)9-7-19)24(29-25)32-16-22(31)27-21-10-5-17(2)18(3)15-21/h5-10,15H,4,11-14,16H2,1-3H3,(H,27,31). The minimum absolute atomic E-state index is 0.0823. The molecule has 4 rings (SSSR count). The first-order valence-electron chi connectivity index (χ1n) is 11.1. The number of benzene rings is 2. The molecule has 2 aliphatic rings. The number of amides is 1. The van der Waals surface area contributed by atoms with Gasteiger partial charge in [0.15, 0.2) is 5.66 Å². The summed E-state index contributed by atoms with van der Waals surface area (Å²) in [5, 5.41) is 3.73. The normalized spacial score (nSPS) is 17.9. The fraction of sp³-hybridized carbons (Fsp3) is 0.400. The molecule has 1 N–H and O–H groups in total. The molecule has 1 saturated heterocycles. The second kappa shape index (κ2) is 9.55. The van der Waals surface area contributed by atoms with Gasteiger partial charge in [-0.1, -0.05) is 24.8 Å². The van der Waals surface area contributed by atoms with Crippen molar-refractivity contribution >= 4 is 34.1 Å². The average molecular weight is 453 g/mol. The summed E-state index contributed by atoms with van der Waals surface area (Å²) in [6.07, 6.45) is 1.70. The van der Waals surface area contributed by atoms with Crippen molar-refractivity contribution in [3.63, 3.8) is 0 Å². The Morgan fingerprint density at radius 3 is 2.47 bits per heavy atom. The lowest BCUT2D eigenvalue weighted by molar-refractivity contribution is -0.113. The zero-order valence-corrected chi connectivity index (χ0v) is 19.6. The quantitative estimate of drug-likeness (QED) is 0.707. The third-order valence-corrected chi connectivity index (χ3v) is 7.15. The summed E-state index contributed by atoms with van der Waals surface area (Å²) in [6, 6.07) is 12.3. The van der Waals surface area contributed by atoms with Crippen molar-refractivity contribution < 1.29 is 9.18 Å². The van der Waals surface area contributed by atoms with Crippen molar-refractivity contribution in [1.82, 2.24) is 4.90 Å². The molecule has 32 heavy (non-hydrogen) atoms. The van der Waals surface area contributed by atoms with Gasteiger partial charge in [0.05, 0.1) is 11.5 Å². The summed E-state index contributed by atoms with van der Waals surface area (Å²) in [5.41, 5.74) is 4.25. The number of thioether (sulfide) groups is 1. The number of nitrogens with one attached hydrogen (secondary N) is 1. The maximum Gasteiger partial charge on any atom is 0.234 e. The lowest BCUT2D eigenvalue weighted by Crippen LogP contribution is -2.41. The van der Waals surface area contributed by atoms with Gasteiger partial charge < -0.3 is 10.2 Å². The molecule has 0 bridgehead atoms. The van der Waals surface area contributed by atoms with Crippen LogP contribution in [0.5, 0.6) is 0 Å². The summed E-state index contributed by atoms with van der Waals surface area (Å²) in [6.45, 7) is 9.16. The number of hydrogen-bond donors (Lipinski definition) is 1. The molecule has 0 aromatic heterocycles. The van der Waals surface area contributed by atoms with Crippen LogP contribution in [-0.4, -0.2) is 52.6 Å². The van der Waals surface area contributed by atoms with Crippen LogP contribution in [0.4, 0.5) is 10.1 Å². The molecule has 0 radical (unpaired) electrons. The second-order valence-electron chi connectivity index (χ2n) is 8.44. The summed E-state index contributed by atoms with van der Waals surface area (Å²) >= 11 is 1.40. The molecule has 168 valence electrons. The predicted molar refractivity (Wildman–Crippen MR) is 131 cm³/mol. The van der Waals surface area contributed by atoms with Crippen LogP contribution in [0.2, 0.25) is 0 Å². The van der Waals surface area contributed by atoms with Gasteiger partial charge >= 0.3 is 0 Å². The lowest BCUT2D eigenvalue weighted by atomic mass is 9.98. The van der Waals surface area contributed by atoms with E-state index in [2.05, 4.69) is 17.1 Å². The summed E-state index contributed by atoms with van der Waals surface area (Å²) < 4.78 is 13.5. The van der Waals surface area contributed by atoms with Gasteiger partial charge in [0.25, 0.3) is 0 Å². The number of aliphatic imine (C=N–C) groups is 2. The molecule has 0 aliphatic carbocycles. The van der Waals surface area contributed by atoms with Crippen molar-refractivity contribution in [1.29, 1.82) is 0 Å². The van der Waals surface area contributed by atoms with Crippen LogP contribution in [0.25, 0.3) is 0 Å². The lowest BCUT2D eigenvalue weighted by Gasteiger charge is -2.34. The van der Waals surface area contributed by atoms with Gasteiger partial charge in [0.1, 0.15) is 10.9 Å². The first-order valence-corrected chi connectivity index (χ1v) is 12.0. The Bertz CT molecular complexity index is 1060. The van der Waals surface area contributed by atoms with Gasteiger partial charge in [-0.05, 0) is 67.9 Å². The van der Waals surface area contributed by atoms with Crippen LogP contribution < -0.4 is 5.32 Å². The maximum atomic E-state index is 13.5. The fourth-order valence-electron chi connectivity index (χ4n) is 4.02. The van der Waals surface area contributed by atoms with Crippen LogP contribution in [0, 0.1) is 19.7 Å². The highest BCUT2D eigenvalue weighted by Crippen LogP contribution is 2.35. The van der Waals surface area contributed by atoms with Crippen molar-refractivity contribution in [2.24, 2.45) is 9.98 Å². The van der Waals surface area contributed by atoms with Crippen molar-refractivity contribution in [2.75, 3.05) is 30.7 Å². The Morgan fingerprint density at radius 2 is 1.81 bits per heavy atom. The smallest absolute Gasteiger partial charge is 0.234 e. The van der Waals surface area contributed by atoms with Gasteiger partial charge in [-0.2, -0.15) is 0 Å². The van der Waals surface area contributed by atoms with Crippen LogP contribution >= 0.6 is 11.8 Å². The van der Waals surface area contributed by atoms with Crippen LogP contribution in [0.15, 0.2) is 52.4 Å². The van der Waals surface area contributed by atoms with E-state index in [-0.39, 0.29) is 17.5 Å². The van der Waals surface area contributed by atoms with E-state index in [4.69, 9.17) is 9.98 Å². The number of halogens is 1. The van der Waals surface area contributed by atoms with E-state index in [0.717, 1.165) is 60.0 Å². The molecule has 0 atom stereocenters. The molecule has 5 nitrogen and oxygen atoms in total. The Hall–Kier alpha value is -2.51.